The van der Waals surface area contributed by atoms with Gasteiger partial charge in [0.2, 0.25) is 5.91 Å². The molecular weight excluding hydrogens is 274 g/mol. The maximum Gasteiger partial charge on any atom is 0.261 e. The molecule has 1 aliphatic rings. The number of amides is 2. The van der Waals surface area contributed by atoms with Crippen LogP contribution in [0.2, 0.25) is 0 Å². The van der Waals surface area contributed by atoms with Gasteiger partial charge in [-0.15, -0.1) is 11.3 Å². The van der Waals surface area contributed by atoms with Crippen LogP contribution >= 0.6 is 11.3 Å². The minimum atomic E-state index is -0.243. The molecule has 3 rings (SSSR count). The van der Waals surface area contributed by atoms with Crippen LogP contribution < -0.4 is 0 Å². The molecule has 0 unspecified atom stereocenters. The van der Waals surface area contributed by atoms with Crippen molar-refractivity contribution in [1.29, 1.82) is 0 Å². The highest BCUT2D eigenvalue weighted by Gasteiger charge is 2.30. The zero-order valence-electron chi connectivity index (χ0n) is 10.8. The number of hydrogen-bond donors (Lipinski definition) is 0. The van der Waals surface area contributed by atoms with Crippen LogP contribution in [0.15, 0.2) is 30.3 Å². The number of aldehydes is 1. The lowest BCUT2D eigenvalue weighted by Gasteiger charge is -2.08. The Balaban J connectivity index is 2.00. The molecule has 0 radical (unpaired) electrons. The number of thiophene rings is 1. The number of carbonyl (C=O) groups is 3. The van der Waals surface area contributed by atoms with Gasteiger partial charge < -0.3 is 0 Å². The Kier molecular flexibility index (Phi) is 2.99. The summed E-state index contributed by atoms with van der Waals surface area (Å²) in [6.07, 6.45) is 0.822. The molecule has 0 bridgehead atoms. The Bertz CT molecular complexity index is 732. The molecule has 1 aliphatic heterocycles. The lowest BCUT2D eigenvalue weighted by molar-refractivity contribution is -0.126. The first-order valence-corrected chi connectivity index (χ1v) is 6.92. The first kappa shape index (κ1) is 12.7. The van der Waals surface area contributed by atoms with Gasteiger partial charge >= 0.3 is 0 Å². The molecule has 0 saturated carbocycles. The van der Waals surface area contributed by atoms with Crippen molar-refractivity contribution in [1.82, 2.24) is 4.90 Å². The zero-order valence-corrected chi connectivity index (χ0v) is 11.6. The van der Waals surface area contributed by atoms with E-state index in [0.717, 1.165) is 22.3 Å². The summed E-state index contributed by atoms with van der Waals surface area (Å²) in [5.41, 5.74) is 2.39. The molecule has 0 aliphatic carbocycles. The van der Waals surface area contributed by atoms with Gasteiger partial charge in [0.25, 0.3) is 5.91 Å². The quantitative estimate of drug-likeness (QED) is 0.797. The number of benzene rings is 1. The van der Waals surface area contributed by atoms with Gasteiger partial charge in [-0.3, -0.25) is 19.3 Å². The minimum Gasteiger partial charge on any atom is -0.297 e. The normalized spacial score (nSPS) is 13.4. The van der Waals surface area contributed by atoms with Gasteiger partial charge in [0, 0.05) is 17.4 Å². The van der Waals surface area contributed by atoms with Crippen LogP contribution in [-0.2, 0) is 11.3 Å². The summed E-state index contributed by atoms with van der Waals surface area (Å²) in [7, 11) is 0. The molecule has 2 heterocycles. The topological polar surface area (TPSA) is 54.5 Å². The fourth-order valence-corrected chi connectivity index (χ4v) is 3.12. The summed E-state index contributed by atoms with van der Waals surface area (Å²) in [4.78, 5) is 37.0. The van der Waals surface area contributed by atoms with Crippen molar-refractivity contribution in [2.24, 2.45) is 0 Å². The molecule has 0 spiro atoms. The Labute approximate surface area is 119 Å². The van der Waals surface area contributed by atoms with E-state index in [0.29, 0.717) is 17.0 Å². The third-order valence-corrected chi connectivity index (χ3v) is 4.38. The van der Waals surface area contributed by atoms with Gasteiger partial charge in [-0.2, -0.15) is 0 Å². The monoisotopic (exact) mass is 285 g/mol. The summed E-state index contributed by atoms with van der Waals surface area (Å²) in [6, 6.07) is 9.16. The van der Waals surface area contributed by atoms with Crippen LogP contribution in [0.1, 0.15) is 32.5 Å². The van der Waals surface area contributed by atoms with E-state index in [9.17, 15) is 14.4 Å². The van der Waals surface area contributed by atoms with E-state index in [-0.39, 0.29) is 11.8 Å². The van der Waals surface area contributed by atoms with E-state index < -0.39 is 0 Å². The molecular formula is C15H11NO3S. The van der Waals surface area contributed by atoms with Crippen LogP contribution in [-0.4, -0.2) is 23.0 Å². The predicted molar refractivity (Wildman–Crippen MR) is 75.7 cm³/mol. The van der Waals surface area contributed by atoms with Crippen LogP contribution in [0.5, 0.6) is 0 Å². The molecule has 20 heavy (non-hydrogen) atoms. The Morgan fingerprint density at radius 3 is 2.75 bits per heavy atom. The third kappa shape index (κ3) is 1.96. The maximum absolute atomic E-state index is 12.0. The number of imide groups is 1. The SMILES string of the molecule is CC(=O)N1Cc2cc(-c3ccc(C=O)s3)ccc2C1=O. The molecule has 4 nitrogen and oxygen atoms in total. The Morgan fingerprint density at radius 2 is 2.10 bits per heavy atom. The van der Waals surface area contributed by atoms with Gasteiger partial charge in [-0.05, 0) is 35.4 Å². The largest absolute Gasteiger partial charge is 0.297 e. The molecule has 0 atom stereocenters. The predicted octanol–water partition coefficient (Wildman–Crippen LogP) is 2.73. The number of hydrogen-bond acceptors (Lipinski definition) is 4. The van der Waals surface area contributed by atoms with E-state index in [1.807, 2.05) is 18.2 Å². The van der Waals surface area contributed by atoms with E-state index in [1.54, 1.807) is 12.1 Å². The highest BCUT2D eigenvalue weighted by Crippen LogP contribution is 2.32. The lowest BCUT2D eigenvalue weighted by Crippen LogP contribution is -2.28. The van der Waals surface area contributed by atoms with Gasteiger partial charge in [0.05, 0.1) is 11.4 Å². The molecule has 0 saturated heterocycles. The number of carbonyl (C=O) groups excluding carboxylic acids is 3. The zero-order chi connectivity index (χ0) is 14.3. The summed E-state index contributed by atoms with van der Waals surface area (Å²) in [5.74, 6) is -0.481. The standard InChI is InChI=1S/C15H11NO3S/c1-9(18)16-7-11-6-10(2-4-13(11)15(16)19)14-5-3-12(8-17)20-14/h2-6,8H,7H2,1H3. The van der Waals surface area contributed by atoms with E-state index >= 15 is 0 Å². The molecule has 5 heteroatoms. The third-order valence-electron chi connectivity index (χ3n) is 3.32. The van der Waals surface area contributed by atoms with Crippen LogP contribution in [0, 0.1) is 0 Å². The first-order chi connectivity index (χ1) is 9.60. The van der Waals surface area contributed by atoms with Gasteiger partial charge in [-0.25, -0.2) is 0 Å². The number of fused-ring (bicyclic) bond motifs is 1. The summed E-state index contributed by atoms with van der Waals surface area (Å²) >= 11 is 1.41. The van der Waals surface area contributed by atoms with Crippen molar-refractivity contribution in [3.63, 3.8) is 0 Å². The second kappa shape index (κ2) is 4.68. The average molecular weight is 285 g/mol. The highest BCUT2D eigenvalue weighted by molar-refractivity contribution is 7.17. The lowest BCUT2D eigenvalue weighted by atomic mass is 10.1. The molecule has 0 N–H and O–H groups in total. The number of nitrogens with zero attached hydrogens (tertiary/aromatic N) is 1. The van der Waals surface area contributed by atoms with Gasteiger partial charge in [-0.1, -0.05) is 6.07 Å². The van der Waals surface area contributed by atoms with Gasteiger partial charge in [0.1, 0.15) is 0 Å². The van der Waals surface area contributed by atoms with E-state index in [1.165, 1.54) is 23.2 Å². The molecule has 2 amide bonds. The molecule has 1 aromatic carbocycles. The maximum atomic E-state index is 12.0. The summed E-state index contributed by atoms with van der Waals surface area (Å²) in [6.45, 7) is 1.71. The van der Waals surface area contributed by atoms with E-state index in [2.05, 4.69) is 0 Å². The van der Waals surface area contributed by atoms with Gasteiger partial charge in [0.15, 0.2) is 6.29 Å². The molecule has 1 aromatic heterocycles. The number of rotatable bonds is 2. The van der Waals surface area contributed by atoms with Crippen LogP contribution in [0.3, 0.4) is 0 Å². The second-order valence-electron chi connectivity index (χ2n) is 4.60. The fourth-order valence-electron chi connectivity index (χ4n) is 2.30. The molecule has 2 aromatic rings. The van der Waals surface area contributed by atoms with Crippen LogP contribution in [0.4, 0.5) is 0 Å². The first-order valence-electron chi connectivity index (χ1n) is 6.11. The van der Waals surface area contributed by atoms with Crippen molar-refractivity contribution in [3.8, 4) is 10.4 Å². The Hall–Kier alpha value is -2.27. The smallest absolute Gasteiger partial charge is 0.261 e. The fraction of sp³-hybridized carbons (Fsp3) is 0.133. The van der Waals surface area contributed by atoms with Crippen molar-refractivity contribution in [2.45, 2.75) is 13.5 Å². The van der Waals surface area contributed by atoms with Crippen molar-refractivity contribution >= 4 is 29.4 Å². The van der Waals surface area contributed by atoms with E-state index in [4.69, 9.17) is 0 Å². The average Bonchev–Trinajstić information content (AvgIpc) is 3.03. The molecule has 0 fully saturated rings. The van der Waals surface area contributed by atoms with Crippen LogP contribution in [0.25, 0.3) is 10.4 Å². The van der Waals surface area contributed by atoms with Crippen molar-refractivity contribution in [2.75, 3.05) is 0 Å². The summed E-state index contributed by atoms with van der Waals surface area (Å²) in [5, 5.41) is 0. The van der Waals surface area contributed by atoms with Crippen molar-refractivity contribution in [3.05, 3.63) is 46.3 Å². The van der Waals surface area contributed by atoms with Crippen molar-refractivity contribution < 1.29 is 14.4 Å². The summed E-state index contributed by atoms with van der Waals surface area (Å²) < 4.78 is 0. The highest BCUT2D eigenvalue weighted by atomic mass is 32.1. The minimum absolute atomic E-state index is 0.237. The second-order valence-corrected chi connectivity index (χ2v) is 5.72. The Morgan fingerprint density at radius 1 is 1.30 bits per heavy atom. The molecule has 100 valence electrons.